The SMILES string of the molecule is NS(=O)(=O)c1c(O)cccc1Cl. The van der Waals surface area contributed by atoms with Crippen LogP contribution in [0.4, 0.5) is 0 Å². The standard InChI is InChI=1S/C6H6ClNO3S/c7-4-2-1-3-5(9)6(4)12(8,10)11/h1-3,9H,(H2,8,10,11). The highest BCUT2D eigenvalue weighted by atomic mass is 35.5. The molecule has 0 saturated heterocycles. The minimum Gasteiger partial charge on any atom is -0.506 e. The number of phenolic OH excluding ortho intramolecular Hbond substituents is 1. The first-order chi connectivity index (χ1) is 5.43. The highest BCUT2D eigenvalue weighted by molar-refractivity contribution is 7.89. The number of rotatable bonds is 1. The van der Waals surface area contributed by atoms with Gasteiger partial charge in [-0.2, -0.15) is 0 Å². The van der Waals surface area contributed by atoms with Crippen molar-refractivity contribution in [3.05, 3.63) is 23.2 Å². The van der Waals surface area contributed by atoms with Crippen LogP contribution >= 0.6 is 11.6 Å². The largest absolute Gasteiger partial charge is 0.506 e. The lowest BCUT2D eigenvalue weighted by Gasteiger charge is -2.02. The number of nitrogens with two attached hydrogens (primary N) is 1. The Labute approximate surface area is 74.6 Å². The number of primary sulfonamides is 1. The lowest BCUT2D eigenvalue weighted by atomic mass is 10.3. The van der Waals surface area contributed by atoms with Crippen molar-refractivity contribution in [2.45, 2.75) is 4.90 Å². The van der Waals surface area contributed by atoms with Crippen LogP contribution in [-0.4, -0.2) is 13.5 Å². The van der Waals surface area contributed by atoms with Gasteiger partial charge in [0.2, 0.25) is 10.0 Å². The molecule has 1 aromatic carbocycles. The zero-order valence-corrected chi connectivity index (χ0v) is 7.43. The molecule has 1 aromatic rings. The lowest BCUT2D eigenvalue weighted by Crippen LogP contribution is -2.12. The van der Waals surface area contributed by atoms with Crippen LogP contribution in [0.1, 0.15) is 0 Å². The Hall–Kier alpha value is -0.780. The van der Waals surface area contributed by atoms with Crippen LogP contribution in [0.5, 0.6) is 5.75 Å². The molecular weight excluding hydrogens is 202 g/mol. The van der Waals surface area contributed by atoms with Crippen molar-refractivity contribution < 1.29 is 13.5 Å². The fraction of sp³-hybridized carbons (Fsp3) is 0. The summed E-state index contributed by atoms with van der Waals surface area (Å²) in [5.41, 5.74) is 0. The van der Waals surface area contributed by atoms with Crippen molar-refractivity contribution in [3.8, 4) is 5.75 Å². The molecule has 12 heavy (non-hydrogen) atoms. The number of sulfonamides is 1. The van der Waals surface area contributed by atoms with E-state index < -0.39 is 20.7 Å². The molecule has 0 heterocycles. The topological polar surface area (TPSA) is 80.4 Å². The van der Waals surface area contributed by atoms with Gasteiger partial charge >= 0.3 is 0 Å². The van der Waals surface area contributed by atoms with Gasteiger partial charge < -0.3 is 5.11 Å². The fourth-order valence-corrected chi connectivity index (χ4v) is 1.97. The van der Waals surface area contributed by atoms with Crippen LogP contribution in [0.3, 0.4) is 0 Å². The molecule has 0 aliphatic heterocycles. The summed E-state index contributed by atoms with van der Waals surface area (Å²) in [6.07, 6.45) is 0. The molecule has 4 nitrogen and oxygen atoms in total. The minimum absolute atomic E-state index is 0.0856. The zero-order chi connectivity index (χ0) is 9.35. The van der Waals surface area contributed by atoms with Gasteiger partial charge in [-0.25, -0.2) is 13.6 Å². The lowest BCUT2D eigenvalue weighted by molar-refractivity contribution is 0.459. The molecule has 0 atom stereocenters. The third-order valence-corrected chi connectivity index (χ3v) is 2.66. The van der Waals surface area contributed by atoms with Gasteiger partial charge in [-0.15, -0.1) is 0 Å². The van der Waals surface area contributed by atoms with Crippen molar-refractivity contribution in [1.82, 2.24) is 0 Å². The summed E-state index contributed by atoms with van der Waals surface area (Å²) < 4.78 is 21.6. The fourth-order valence-electron chi connectivity index (χ4n) is 0.779. The van der Waals surface area contributed by atoms with Crippen molar-refractivity contribution in [3.63, 3.8) is 0 Å². The van der Waals surface area contributed by atoms with E-state index in [9.17, 15) is 8.42 Å². The Balaban J connectivity index is 3.53. The molecule has 1 rings (SSSR count). The molecule has 0 radical (unpaired) electrons. The van der Waals surface area contributed by atoms with Crippen LogP contribution in [0.2, 0.25) is 5.02 Å². The third-order valence-electron chi connectivity index (χ3n) is 1.23. The quantitative estimate of drug-likeness (QED) is 0.711. The Morgan fingerprint density at radius 3 is 2.33 bits per heavy atom. The smallest absolute Gasteiger partial charge is 0.243 e. The molecule has 0 unspecified atom stereocenters. The van der Waals surface area contributed by atoms with E-state index in [4.69, 9.17) is 21.8 Å². The first kappa shape index (κ1) is 9.31. The molecule has 66 valence electrons. The zero-order valence-electron chi connectivity index (χ0n) is 5.86. The van der Waals surface area contributed by atoms with Crippen LogP contribution < -0.4 is 5.14 Å². The van der Waals surface area contributed by atoms with E-state index in [1.54, 1.807) is 0 Å². The molecule has 6 heteroatoms. The molecule has 0 saturated carbocycles. The molecule has 0 fully saturated rings. The van der Waals surface area contributed by atoms with E-state index in [0.29, 0.717) is 0 Å². The average Bonchev–Trinajstić information content (AvgIpc) is 1.82. The highest BCUT2D eigenvalue weighted by Gasteiger charge is 2.16. The summed E-state index contributed by atoms with van der Waals surface area (Å²) in [5.74, 6) is -0.440. The maximum absolute atomic E-state index is 10.8. The van der Waals surface area contributed by atoms with Crippen LogP contribution in [0, 0.1) is 0 Å². The highest BCUT2D eigenvalue weighted by Crippen LogP contribution is 2.28. The van der Waals surface area contributed by atoms with Gasteiger partial charge in [-0.05, 0) is 12.1 Å². The van der Waals surface area contributed by atoms with Gasteiger partial charge in [0.05, 0.1) is 5.02 Å². The number of phenols is 1. The first-order valence-corrected chi connectivity index (χ1v) is 4.85. The molecule has 0 amide bonds. The second-order valence-electron chi connectivity index (χ2n) is 2.13. The van der Waals surface area contributed by atoms with E-state index >= 15 is 0 Å². The predicted molar refractivity (Wildman–Crippen MR) is 44.5 cm³/mol. The number of hydrogen-bond donors (Lipinski definition) is 2. The van der Waals surface area contributed by atoms with Gasteiger partial charge in [0.1, 0.15) is 10.6 Å². The van der Waals surface area contributed by atoms with E-state index in [1.807, 2.05) is 0 Å². The number of hydrogen-bond acceptors (Lipinski definition) is 3. The monoisotopic (exact) mass is 207 g/mol. The van der Waals surface area contributed by atoms with Gasteiger partial charge in [0.25, 0.3) is 0 Å². The van der Waals surface area contributed by atoms with Crippen molar-refractivity contribution in [2.75, 3.05) is 0 Å². The van der Waals surface area contributed by atoms with Gasteiger partial charge in [-0.1, -0.05) is 17.7 Å². The van der Waals surface area contributed by atoms with Gasteiger partial charge in [0, 0.05) is 0 Å². The van der Waals surface area contributed by atoms with Crippen molar-refractivity contribution >= 4 is 21.6 Å². The second kappa shape index (κ2) is 2.93. The van der Waals surface area contributed by atoms with Crippen LogP contribution in [0.25, 0.3) is 0 Å². The van der Waals surface area contributed by atoms with Gasteiger partial charge in [0.15, 0.2) is 0 Å². The molecule has 0 aliphatic carbocycles. The summed E-state index contributed by atoms with van der Waals surface area (Å²) in [6.45, 7) is 0. The first-order valence-electron chi connectivity index (χ1n) is 2.93. The second-order valence-corrected chi connectivity index (χ2v) is 4.04. The molecule has 0 aliphatic rings. The molecule has 0 spiro atoms. The van der Waals surface area contributed by atoms with E-state index in [1.165, 1.54) is 18.2 Å². The maximum atomic E-state index is 10.8. The number of halogens is 1. The number of benzene rings is 1. The molecule has 3 N–H and O–H groups in total. The number of aromatic hydroxyl groups is 1. The Bertz CT molecular complexity index is 381. The molecule has 0 bridgehead atoms. The molecule has 0 aromatic heterocycles. The van der Waals surface area contributed by atoms with E-state index in [2.05, 4.69) is 0 Å². The van der Waals surface area contributed by atoms with Crippen molar-refractivity contribution in [2.24, 2.45) is 5.14 Å². The Kier molecular flexibility index (Phi) is 2.27. The van der Waals surface area contributed by atoms with E-state index in [0.717, 1.165) is 0 Å². The summed E-state index contributed by atoms with van der Waals surface area (Å²) >= 11 is 5.49. The van der Waals surface area contributed by atoms with Crippen LogP contribution in [0.15, 0.2) is 23.1 Å². The maximum Gasteiger partial charge on any atom is 0.243 e. The minimum atomic E-state index is -3.95. The Morgan fingerprint density at radius 1 is 1.42 bits per heavy atom. The predicted octanol–water partition coefficient (Wildman–Crippen LogP) is 0.693. The Morgan fingerprint density at radius 2 is 2.00 bits per heavy atom. The summed E-state index contributed by atoms with van der Waals surface area (Å²) in [7, 11) is -3.95. The van der Waals surface area contributed by atoms with Crippen LogP contribution in [-0.2, 0) is 10.0 Å². The summed E-state index contributed by atoms with van der Waals surface area (Å²) in [5, 5.41) is 13.8. The average molecular weight is 208 g/mol. The van der Waals surface area contributed by atoms with E-state index in [-0.39, 0.29) is 5.02 Å². The summed E-state index contributed by atoms with van der Waals surface area (Å²) in [6, 6.07) is 3.96. The van der Waals surface area contributed by atoms with Crippen molar-refractivity contribution in [1.29, 1.82) is 0 Å². The van der Waals surface area contributed by atoms with Gasteiger partial charge in [-0.3, -0.25) is 0 Å². The summed E-state index contributed by atoms with van der Waals surface area (Å²) in [4.78, 5) is -0.438. The molecular formula is C6H6ClNO3S. The third kappa shape index (κ3) is 1.69. The normalized spacial score (nSPS) is 11.5.